The molecule has 1 saturated heterocycles. The molecule has 0 bridgehead atoms. The van der Waals surface area contributed by atoms with Gasteiger partial charge in [-0.2, -0.15) is 0 Å². The number of hydrogen-bond donors (Lipinski definition) is 0. The fourth-order valence-corrected chi connectivity index (χ4v) is 2.38. The molecule has 0 radical (unpaired) electrons. The summed E-state index contributed by atoms with van der Waals surface area (Å²) in [5, 5.41) is 0. The summed E-state index contributed by atoms with van der Waals surface area (Å²) >= 11 is 0. The molecule has 1 heterocycles. The molecule has 0 aromatic heterocycles. The smallest absolute Gasteiger partial charge is 0.227 e. The number of hydrogen-bond acceptors (Lipinski definition) is 1. The van der Waals surface area contributed by atoms with Crippen LogP contribution in [0, 0.1) is 17.3 Å². The van der Waals surface area contributed by atoms with Crippen molar-refractivity contribution in [2.24, 2.45) is 17.3 Å². The third kappa shape index (κ3) is 3.51. The zero-order valence-electron chi connectivity index (χ0n) is 10.8. The van der Waals surface area contributed by atoms with Gasteiger partial charge in [-0.05, 0) is 24.7 Å². The van der Waals surface area contributed by atoms with E-state index in [1.54, 1.807) is 0 Å². The standard InChI is InChI=1S/C13H25NO/c1-10-6-7-14(9-11(2)8-10)12(15)13(3,4)5/h10-11H,6-9H2,1-5H3. The predicted octanol–water partition coefficient (Wildman–Crippen LogP) is 2.93. The van der Waals surface area contributed by atoms with Gasteiger partial charge in [0, 0.05) is 18.5 Å². The Balaban J connectivity index is 2.66. The third-order valence-corrected chi connectivity index (χ3v) is 3.16. The molecule has 0 aromatic carbocycles. The van der Waals surface area contributed by atoms with E-state index in [-0.39, 0.29) is 5.41 Å². The quantitative estimate of drug-likeness (QED) is 0.603. The maximum Gasteiger partial charge on any atom is 0.227 e. The van der Waals surface area contributed by atoms with E-state index in [0.29, 0.717) is 11.8 Å². The van der Waals surface area contributed by atoms with Crippen molar-refractivity contribution in [3.8, 4) is 0 Å². The molecule has 2 unspecified atom stereocenters. The lowest BCUT2D eigenvalue weighted by atomic mass is 9.94. The summed E-state index contributed by atoms with van der Waals surface area (Å²) in [6, 6.07) is 0. The monoisotopic (exact) mass is 211 g/mol. The minimum atomic E-state index is -0.229. The van der Waals surface area contributed by atoms with E-state index in [0.717, 1.165) is 25.4 Å². The lowest BCUT2D eigenvalue weighted by Crippen LogP contribution is -2.41. The summed E-state index contributed by atoms with van der Waals surface area (Å²) in [7, 11) is 0. The molecule has 0 aromatic rings. The van der Waals surface area contributed by atoms with Crippen LogP contribution in [-0.4, -0.2) is 23.9 Å². The molecule has 0 spiro atoms. The zero-order valence-corrected chi connectivity index (χ0v) is 10.8. The van der Waals surface area contributed by atoms with Crippen molar-refractivity contribution in [1.82, 2.24) is 4.90 Å². The fraction of sp³-hybridized carbons (Fsp3) is 0.923. The number of carbonyl (C=O) groups is 1. The van der Waals surface area contributed by atoms with Gasteiger partial charge in [0.2, 0.25) is 5.91 Å². The lowest BCUT2D eigenvalue weighted by Gasteiger charge is -2.29. The molecule has 15 heavy (non-hydrogen) atoms. The zero-order chi connectivity index (χ0) is 11.6. The number of likely N-dealkylation sites (tertiary alicyclic amines) is 1. The van der Waals surface area contributed by atoms with Crippen molar-refractivity contribution in [2.75, 3.05) is 13.1 Å². The van der Waals surface area contributed by atoms with Crippen molar-refractivity contribution >= 4 is 5.91 Å². The second-order valence-electron chi connectivity index (χ2n) is 6.24. The largest absolute Gasteiger partial charge is 0.342 e. The molecule has 0 saturated carbocycles. The fourth-order valence-electron chi connectivity index (χ4n) is 2.38. The third-order valence-electron chi connectivity index (χ3n) is 3.16. The Bertz CT molecular complexity index is 229. The highest BCUT2D eigenvalue weighted by Gasteiger charge is 2.30. The molecular weight excluding hydrogens is 186 g/mol. The summed E-state index contributed by atoms with van der Waals surface area (Å²) in [6.07, 6.45) is 2.42. The molecule has 2 heteroatoms. The first-order valence-corrected chi connectivity index (χ1v) is 6.10. The summed E-state index contributed by atoms with van der Waals surface area (Å²) < 4.78 is 0. The second-order valence-corrected chi connectivity index (χ2v) is 6.24. The van der Waals surface area contributed by atoms with Crippen LogP contribution < -0.4 is 0 Å². The molecule has 2 nitrogen and oxygen atoms in total. The molecule has 1 aliphatic heterocycles. The summed E-state index contributed by atoms with van der Waals surface area (Å²) in [4.78, 5) is 14.2. The first-order chi connectivity index (χ1) is 6.80. The molecule has 1 aliphatic rings. The van der Waals surface area contributed by atoms with Crippen LogP contribution in [0.2, 0.25) is 0 Å². The molecule has 1 fully saturated rings. The van der Waals surface area contributed by atoms with Gasteiger partial charge >= 0.3 is 0 Å². The van der Waals surface area contributed by atoms with E-state index in [4.69, 9.17) is 0 Å². The number of amides is 1. The van der Waals surface area contributed by atoms with Gasteiger partial charge in [-0.1, -0.05) is 34.6 Å². The van der Waals surface area contributed by atoms with Crippen LogP contribution in [0.3, 0.4) is 0 Å². The van der Waals surface area contributed by atoms with Gasteiger partial charge in [-0.3, -0.25) is 4.79 Å². The molecule has 1 rings (SSSR count). The maximum absolute atomic E-state index is 12.2. The predicted molar refractivity (Wildman–Crippen MR) is 63.6 cm³/mol. The Kier molecular flexibility index (Phi) is 3.80. The second kappa shape index (κ2) is 4.54. The van der Waals surface area contributed by atoms with Crippen LogP contribution in [-0.2, 0) is 4.79 Å². The summed E-state index contributed by atoms with van der Waals surface area (Å²) in [5.41, 5.74) is -0.229. The van der Waals surface area contributed by atoms with Crippen molar-refractivity contribution in [2.45, 2.75) is 47.5 Å². The van der Waals surface area contributed by atoms with E-state index in [1.807, 2.05) is 20.8 Å². The van der Waals surface area contributed by atoms with E-state index >= 15 is 0 Å². The van der Waals surface area contributed by atoms with Gasteiger partial charge in [0.05, 0.1) is 0 Å². The molecule has 1 amide bonds. The van der Waals surface area contributed by atoms with E-state index in [1.165, 1.54) is 6.42 Å². The molecule has 88 valence electrons. The SMILES string of the molecule is CC1CCN(C(=O)C(C)(C)C)CC(C)C1. The normalized spacial score (nSPS) is 28.7. The average molecular weight is 211 g/mol. The van der Waals surface area contributed by atoms with E-state index < -0.39 is 0 Å². The maximum atomic E-state index is 12.2. The van der Waals surface area contributed by atoms with Gasteiger partial charge in [0.1, 0.15) is 0 Å². The Hall–Kier alpha value is -0.530. The van der Waals surface area contributed by atoms with Crippen LogP contribution >= 0.6 is 0 Å². The molecule has 0 N–H and O–H groups in total. The van der Waals surface area contributed by atoms with Crippen LogP contribution in [0.5, 0.6) is 0 Å². The minimum absolute atomic E-state index is 0.229. The van der Waals surface area contributed by atoms with Gasteiger partial charge in [-0.25, -0.2) is 0 Å². The Morgan fingerprint density at radius 3 is 2.33 bits per heavy atom. The highest BCUT2D eigenvalue weighted by atomic mass is 16.2. The topological polar surface area (TPSA) is 20.3 Å². The molecule has 0 aliphatic carbocycles. The number of carbonyl (C=O) groups excluding carboxylic acids is 1. The Labute approximate surface area is 94.0 Å². The van der Waals surface area contributed by atoms with Crippen LogP contribution in [0.1, 0.15) is 47.5 Å². The lowest BCUT2D eigenvalue weighted by molar-refractivity contribution is -0.139. The minimum Gasteiger partial charge on any atom is -0.342 e. The Morgan fingerprint density at radius 1 is 1.20 bits per heavy atom. The van der Waals surface area contributed by atoms with Crippen molar-refractivity contribution in [1.29, 1.82) is 0 Å². The first kappa shape index (κ1) is 12.5. The van der Waals surface area contributed by atoms with Gasteiger partial charge in [0.25, 0.3) is 0 Å². The summed E-state index contributed by atoms with van der Waals surface area (Å²) in [5.74, 6) is 1.72. The average Bonchev–Trinajstić information content (AvgIpc) is 2.23. The van der Waals surface area contributed by atoms with E-state index in [9.17, 15) is 4.79 Å². The first-order valence-electron chi connectivity index (χ1n) is 6.10. The Morgan fingerprint density at radius 2 is 1.80 bits per heavy atom. The van der Waals surface area contributed by atoms with Gasteiger partial charge < -0.3 is 4.90 Å². The van der Waals surface area contributed by atoms with Crippen molar-refractivity contribution in [3.05, 3.63) is 0 Å². The number of rotatable bonds is 0. The summed E-state index contributed by atoms with van der Waals surface area (Å²) in [6.45, 7) is 12.5. The highest BCUT2D eigenvalue weighted by Crippen LogP contribution is 2.25. The van der Waals surface area contributed by atoms with Gasteiger partial charge in [-0.15, -0.1) is 0 Å². The number of nitrogens with zero attached hydrogens (tertiary/aromatic N) is 1. The van der Waals surface area contributed by atoms with Crippen LogP contribution in [0.4, 0.5) is 0 Å². The van der Waals surface area contributed by atoms with Gasteiger partial charge in [0.15, 0.2) is 0 Å². The van der Waals surface area contributed by atoms with Crippen molar-refractivity contribution < 1.29 is 4.79 Å². The van der Waals surface area contributed by atoms with Crippen LogP contribution in [0.25, 0.3) is 0 Å². The molecular formula is C13H25NO. The highest BCUT2D eigenvalue weighted by molar-refractivity contribution is 5.81. The molecule has 2 atom stereocenters. The van der Waals surface area contributed by atoms with Crippen LogP contribution in [0.15, 0.2) is 0 Å². The van der Waals surface area contributed by atoms with Crippen molar-refractivity contribution in [3.63, 3.8) is 0 Å². The van der Waals surface area contributed by atoms with E-state index in [2.05, 4.69) is 18.7 Å².